The van der Waals surface area contributed by atoms with Gasteiger partial charge >= 0.3 is 0 Å². The summed E-state index contributed by atoms with van der Waals surface area (Å²) in [7, 11) is 0. The minimum Gasteiger partial charge on any atom is -0.393 e. The Bertz CT molecular complexity index is 657. The molecule has 2 rings (SSSR count). The number of benzene rings is 1. The van der Waals surface area contributed by atoms with Crippen molar-refractivity contribution in [2.75, 3.05) is 29.0 Å². The highest BCUT2D eigenvalue weighted by molar-refractivity contribution is 5.78. The summed E-state index contributed by atoms with van der Waals surface area (Å²) in [6.07, 6.45) is 1.58. The molecule has 1 heterocycles. The van der Waals surface area contributed by atoms with Crippen molar-refractivity contribution < 1.29 is 0 Å². The average molecular weight is 327 g/mol. The average Bonchev–Trinajstić information content (AvgIpc) is 2.48. The van der Waals surface area contributed by atoms with E-state index in [-0.39, 0.29) is 0 Å². The van der Waals surface area contributed by atoms with Crippen LogP contribution in [-0.2, 0) is 0 Å². The van der Waals surface area contributed by atoms with Gasteiger partial charge in [-0.2, -0.15) is 0 Å². The number of hydrogen-bond donors (Lipinski definition) is 2. The first-order chi connectivity index (χ1) is 11.4. The molecule has 0 saturated heterocycles. The molecule has 0 unspecified atom stereocenters. The lowest BCUT2D eigenvalue weighted by molar-refractivity contribution is 0.549. The van der Waals surface area contributed by atoms with E-state index in [9.17, 15) is 0 Å². The van der Waals surface area contributed by atoms with Gasteiger partial charge in [-0.05, 0) is 36.5 Å². The van der Waals surface area contributed by atoms with E-state index in [4.69, 9.17) is 5.73 Å². The lowest BCUT2D eigenvalue weighted by Crippen LogP contribution is -2.32. The predicted octanol–water partition coefficient (Wildman–Crippen LogP) is 4.23. The number of nitrogens with two attached hydrogens (primary N) is 1. The lowest BCUT2D eigenvalue weighted by atomic mass is 10.1. The van der Waals surface area contributed by atoms with Gasteiger partial charge in [-0.1, -0.05) is 39.8 Å². The Morgan fingerprint density at radius 1 is 1.08 bits per heavy atom. The second-order valence-electron chi connectivity index (χ2n) is 7.15. The van der Waals surface area contributed by atoms with Gasteiger partial charge in [0.1, 0.15) is 12.0 Å². The van der Waals surface area contributed by atoms with Crippen molar-refractivity contribution in [2.24, 2.45) is 11.8 Å². The van der Waals surface area contributed by atoms with E-state index in [1.54, 1.807) is 6.33 Å². The summed E-state index contributed by atoms with van der Waals surface area (Å²) >= 11 is 0. The highest BCUT2D eigenvalue weighted by atomic mass is 15.2. The van der Waals surface area contributed by atoms with Crippen LogP contribution < -0.4 is 16.0 Å². The van der Waals surface area contributed by atoms with Gasteiger partial charge in [0.2, 0.25) is 0 Å². The molecule has 2 aromatic rings. The standard InChI is InChI=1S/C19H29N5/c1-13(2)10-24(11-14(3)4)19-17(20)18(21-12-22-19)23-16-8-6-7-15(5)9-16/h6-9,12-14H,10-11,20H2,1-5H3,(H,21,22,23). The van der Waals surface area contributed by atoms with Gasteiger partial charge in [-0.3, -0.25) is 0 Å². The van der Waals surface area contributed by atoms with Crippen molar-refractivity contribution in [1.82, 2.24) is 9.97 Å². The van der Waals surface area contributed by atoms with E-state index in [1.807, 2.05) is 12.1 Å². The third kappa shape index (κ3) is 4.85. The summed E-state index contributed by atoms with van der Waals surface area (Å²) in [4.78, 5) is 11.0. The fourth-order valence-corrected chi connectivity index (χ4v) is 2.73. The van der Waals surface area contributed by atoms with Crippen molar-refractivity contribution >= 4 is 23.0 Å². The highest BCUT2D eigenvalue weighted by Crippen LogP contribution is 2.29. The van der Waals surface area contributed by atoms with Crippen LogP contribution in [0.3, 0.4) is 0 Å². The van der Waals surface area contributed by atoms with E-state index < -0.39 is 0 Å². The first kappa shape index (κ1) is 18.0. The fourth-order valence-electron chi connectivity index (χ4n) is 2.73. The zero-order chi connectivity index (χ0) is 17.7. The molecule has 24 heavy (non-hydrogen) atoms. The van der Waals surface area contributed by atoms with Gasteiger partial charge < -0.3 is 16.0 Å². The minimum atomic E-state index is 0.534. The third-order valence-electron chi connectivity index (χ3n) is 3.61. The van der Waals surface area contributed by atoms with Crippen LogP contribution in [0.4, 0.5) is 23.0 Å². The summed E-state index contributed by atoms with van der Waals surface area (Å²) in [5, 5.41) is 3.31. The van der Waals surface area contributed by atoms with Crippen LogP contribution in [0.25, 0.3) is 0 Å². The molecule has 5 nitrogen and oxygen atoms in total. The molecule has 0 saturated carbocycles. The largest absolute Gasteiger partial charge is 0.393 e. The molecule has 0 spiro atoms. The van der Waals surface area contributed by atoms with Crippen LogP contribution in [0, 0.1) is 18.8 Å². The molecule has 1 aromatic heterocycles. The molecule has 0 amide bonds. The van der Waals surface area contributed by atoms with Gasteiger partial charge in [0.25, 0.3) is 0 Å². The van der Waals surface area contributed by atoms with Crippen LogP contribution in [0.1, 0.15) is 33.3 Å². The molecule has 5 heteroatoms. The summed E-state index contributed by atoms with van der Waals surface area (Å²) in [5.74, 6) is 2.53. The number of nitrogens with zero attached hydrogens (tertiary/aromatic N) is 3. The summed E-state index contributed by atoms with van der Waals surface area (Å²) in [6, 6.07) is 8.15. The number of aryl methyl sites for hydroxylation is 1. The zero-order valence-electron chi connectivity index (χ0n) is 15.4. The number of anilines is 4. The molecule has 0 aliphatic rings. The first-order valence-electron chi connectivity index (χ1n) is 8.56. The maximum absolute atomic E-state index is 6.39. The molecule has 3 N–H and O–H groups in total. The maximum Gasteiger partial charge on any atom is 0.159 e. The van der Waals surface area contributed by atoms with Crippen LogP contribution >= 0.6 is 0 Å². The molecular formula is C19H29N5. The number of aromatic nitrogens is 2. The van der Waals surface area contributed by atoms with Crippen LogP contribution in [0.5, 0.6) is 0 Å². The normalized spacial score (nSPS) is 11.1. The molecule has 0 fully saturated rings. The van der Waals surface area contributed by atoms with Crippen molar-refractivity contribution in [1.29, 1.82) is 0 Å². The Morgan fingerprint density at radius 3 is 2.33 bits per heavy atom. The quantitative estimate of drug-likeness (QED) is 0.796. The second kappa shape index (κ2) is 7.99. The number of hydrogen-bond acceptors (Lipinski definition) is 5. The van der Waals surface area contributed by atoms with E-state index in [0.717, 1.165) is 24.6 Å². The van der Waals surface area contributed by atoms with Crippen molar-refractivity contribution in [3.05, 3.63) is 36.2 Å². The highest BCUT2D eigenvalue weighted by Gasteiger charge is 2.17. The number of nitrogens with one attached hydrogen (secondary N) is 1. The molecule has 0 aliphatic heterocycles. The molecule has 0 bridgehead atoms. The number of rotatable bonds is 7. The second-order valence-corrected chi connectivity index (χ2v) is 7.15. The monoisotopic (exact) mass is 327 g/mol. The predicted molar refractivity (Wildman–Crippen MR) is 103 cm³/mol. The van der Waals surface area contributed by atoms with E-state index in [2.05, 4.69) is 66.9 Å². The van der Waals surface area contributed by atoms with Gasteiger partial charge in [0.15, 0.2) is 11.6 Å². The summed E-state index contributed by atoms with van der Waals surface area (Å²) < 4.78 is 0. The Labute approximate surface area is 145 Å². The Hall–Kier alpha value is -2.30. The molecule has 0 atom stereocenters. The smallest absolute Gasteiger partial charge is 0.159 e. The maximum atomic E-state index is 6.39. The summed E-state index contributed by atoms with van der Waals surface area (Å²) in [6.45, 7) is 12.7. The molecule has 0 radical (unpaired) electrons. The molecule has 130 valence electrons. The lowest BCUT2D eigenvalue weighted by Gasteiger charge is -2.28. The molecular weight excluding hydrogens is 298 g/mol. The summed E-state index contributed by atoms with van der Waals surface area (Å²) in [5.41, 5.74) is 9.16. The van der Waals surface area contributed by atoms with Crippen LogP contribution in [-0.4, -0.2) is 23.1 Å². The molecule has 1 aromatic carbocycles. The Kier molecular flexibility index (Phi) is 6.01. The van der Waals surface area contributed by atoms with E-state index >= 15 is 0 Å². The zero-order valence-corrected chi connectivity index (χ0v) is 15.4. The van der Waals surface area contributed by atoms with Crippen molar-refractivity contribution in [3.8, 4) is 0 Å². The fraction of sp³-hybridized carbons (Fsp3) is 0.474. The Balaban J connectivity index is 2.30. The van der Waals surface area contributed by atoms with Gasteiger partial charge in [0, 0.05) is 18.8 Å². The van der Waals surface area contributed by atoms with Gasteiger partial charge in [-0.15, -0.1) is 0 Å². The van der Waals surface area contributed by atoms with Gasteiger partial charge in [0.05, 0.1) is 0 Å². The topological polar surface area (TPSA) is 67.1 Å². The molecule has 0 aliphatic carbocycles. The SMILES string of the molecule is Cc1cccc(Nc2ncnc(N(CC(C)C)CC(C)C)c2N)c1. The number of nitrogen functional groups attached to an aromatic ring is 1. The Morgan fingerprint density at radius 2 is 1.75 bits per heavy atom. The van der Waals surface area contributed by atoms with E-state index in [0.29, 0.717) is 23.3 Å². The van der Waals surface area contributed by atoms with Crippen LogP contribution in [0.2, 0.25) is 0 Å². The minimum absolute atomic E-state index is 0.534. The van der Waals surface area contributed by atoms with Crippen LogP contribution in [0.15, 0.2) is 30.6 Å². The van der Waals surface area contributed by atoms with Gasteiger partial charge in [-0.25, -0.2) is 9.97 Å². The third-order valence-corrected chi connectivity index (χ3v) is 3.61. The van der Waals surface area contributed by atoms with E-state index in [1.165, 1.54) is 5.56 Å². The van der Waals surface area contributed by atoms with Crippen molar-refractivity contribution in [3.63, 3.8) is 0 Å². The van der Waals surface area contributed by atoms with Crippen molar-refractivity contribution in [2.45, 2.75) is 34.6 Å². The first-order valence-corrected chi connectivity index (χ1v) is 8.56.